The predicted octanol–water partition coefficient (Wildman–Crippen LogP) is 3.67. The van der Waals surface area contributed by atoms with E-state index in [1.807, 2.05) is 49.9 Å². The molecule has 1 saturated carbocycles. The number of likely N-dealkylation sites (N-methyl/N-ethyl adjacent to an activating group) is 1. The SMILES string of the molecule is CC#CCN1C(N2CCC[C@@H](NC(=O)OC(C)(C)C)C2)=NC2(C)C1C(=O)N(c1nc(C3CC3)c3ccccc3n1)C(=O)N2C. The van der Waals surface area contributed by atoms with E-state index in [4.69, 9.17) is 19.7 Å². The summed E-state index contributed by atoms with van der Waals surface area (Å²) in [7, 11) is 1.66. The van der Waals surface area contributed by atoms with Crippen molar-refractivity contribution >= 4 is 40.8 Å². The number of guanidine groups is 1. The van der Waals surface area contributed by atoms with Gasteiger partial charge in [-0.1, -0.05) is 24.1 Å². The third kappa shape index (κ3) is 5.29. The number of carbonyl (C=O) groups excluding carboxylic acids is 3. The number of benzene rings is 1. The van der Waals surface area contributed by atoms with E-state index < -0.39 is 35.3 Å². The Morgan fingerprint density at radius 2 is 1.91 bits per heavy atom. The van der Waals surface area contributed by atoms with Crippen molar-refractivity contribution in [1.82, 2.24) is 30.0 Å². The van der Waals surface area contributed by atoms with Crippen LogP contribution in [-0.4, -0.2) is 98.7 Å². The Morgan fingerprint density at radius 3 is 2.61 bits per heavy atom. The molecule has 4 heterocycles. The number of imide groups is 1. The topological polar surface area (TPSA) is 124 Å². The van der Waals surface area contributed by atoms with Gasteiger partial charge in [0.25, 0.3) is 5.91 Å². The molecule has 3 aliphatic heterocycles. The quantitative estimate of drug-likeness (QED) is 0.528. The smallest absolute Gasteiger partial charge is 0.407 e. The van der Waals surface area contributed by atoms with Gasteiger partial charge in [-0.05, 0) is 66.4 Å². The molecular formula is C32H40N8O4. The van der Waals surface area contributed by atoms with Crippen molar-refractivity contribution < 1.29 is 19.1 Å². The van der Waals surface area contributed by atoms with Gasteiger partial charge in [-0.3, -0.25) is 9.69 Å². The number of hydrogen-bond acceptors (Lipinski definition) is 9. The van der Waals surface area contributed by atoms with Crippen LogP contribution in [0.4, 0.5) is 15.5 Å². The fourth-order valence-electron chi connectivity index (χ4n) is 6.29. The van der Waals surface area contributed by atoms with Gasteiger partial charge in [-0.2, -0.15) is 4.90 Å². The maximum absolute atomic E-state index is 14.5. The Bertz CT molecular complexity index is 1600. The van der Waals surface area contributed by atoms with Crippen molar-refractivity contribution in [3.05, 3.63) is 30.0 Å². The molecule has 6 rings (SSSR count). The second-order valence-electron chi connectivity index (χ2n) is 13.1. The molecule has 1 aliphatic carbocycles. The number of para-hydroxylation sites is 1. The van der Waals surface area contributed by atoms with Crippen LogP contribution in [0.3, 0.4) is 0 Å². The lowest BCUT2D eigenvalue weighted by molar-refractivity contribution is -0.127. The Balaban J connectivity index is 1.33. The first-order valence-corrected chi connectivity index (χ1v) is 15.3. The summed E-state index contributed by atoms with van der Waals surface area (Å²) < 4.78 is 5.48. The van der Waals surface area contributed by atoms with Gasteiger partial charge in [0.05, 0.1) is 17.8 Å². The molecule has 3 fully saturated rings. The van der Waals surface area contributed by atoms with Gasteiger partial charge >= 0.3 is 12.1 Å². The van der Waals surface area contributed by atoms with Crippen LogP contribution in [0.5, 0.6) is 0 Å². The van der Waals surface area contributed by atoms with Gasteiger partial charge in [0.15, 0.2) is 11.7 Å². The van der Waals surface area contributed by atoms with Gasteiger partial charge in [-0.15, -0.1) is 5.92 Å². The van der Waals surface area contributed by atoms with Crippen LogP contribution in [0, 0.1) is 11.8 Å². The average molecular weight is 601 g/mol. The summed E-state index contributed by atoms with van der Waals surface area (Å²) in [5.74, 6) is 6.56. The minimum absolute atomic E-state index is 0.0871. The van der Waals surface area contributed by atoms with Gasteiger partial charge in [0.2, 0.25) is 11.9 Å². The van der Waals surface area contributed by atoms with E-state index >= 15 is 0 Å². The molecule has 1 aromatic carbocycles. The molecule has 4 amide bonds. The molecule has 1 aromatic heterocycles. The maximum Gasteiger partial charge on any atom is 0.407 e. The fraction of sp³-hybridized carbons (Fsp3) is 0.562. The number of nitrogens with one attached hydrogen (secondary N) is 1. The zero-order valence-corrected chi connectivity index (χ0v) is 26.3. The number of carbonyl (C=O) groups is 3. The minimum Gasteiger partial charge on any atom is -0.444 e. The summed E-state index contributed by atoms with van der Waals surface area (Å²) in [6.07, 6.45) is 3.15. The highest BCUT2D eigenvalue weighted by atomic mass is 16.6. The second kappa shape index (κ2) is 10.9. The third-order valence-corrected chi connectivity index (χ3v) is 8.66. The summed E-state index contributed by atoms with van der Waals surface area (Å²) in [5.41, 5.74) is -0.219. The van der Waals surface area contributed by atoms with Gasteiger partial charge in [0.1, 0.15) is 5.60 Å². The van der Waals surface area contributed by atoms with Gasteiger partial charge in [-0.25, -0.2) is 24.5 Å². The van der Waals surface area contributed by atoms with Crippen LogP contribution in [-0.2, 0) is 9.53 Å². The minimum atomic E-state index is -1.18. The lowest BCUT2D eigenvalue weighted by atomic mass is 9.97. The zero-order valence-electron chi connectivity index (χ0n) is 26.3. The van der Waals surface area contributed by atoms with Crippen molar-refractivity contribution in [3.63, 3.8) is 0 Å². The molecule has 1 N–H and O–H groups in total. The first-order chi connectivity index (χ1) is 20.9. The Labute approximate surface area is 257 Å². The van der Waals surface area contributed by atoms with Gasteiger partial charge in [0, 0.05) is 37.5 Å². The average Bonchev–Trinajstić information content (AvgIpc) is 3.76. The van der Waals surface area contributed by atoms with E-state index in [-0.39, 0.29) is 18.5 Å². The lowest BCUT2D eigenvalue weighted by Crippen LogP contribution is -2.71. The van der Waals surface area contributed by atoms with Crippen LogP contribution in [0.2, 0.25) is 0 Å². The lowest BCUT2D eigenvalue weighted by Gasteiger charge is -2.46. The Morgan fingerprint density at radius 1 is 1.16 bits per heavy atom. The summed E-state index contributed by atoms with van der Waals surface area (Å²) in [4.78, 5) is 62.2. The number of aromatic nitrogens is 2. The van der Waals surface area contributed by atoms with E-state index in [2.05, 4.69) is 22.1 Å². The molecule has 12 heteroatoms. The Hall–Kier alpha value is -4.40. The summed E-state index contributed by atoms with van der Waals surface area (Å²) >= 11 is 0. The number of alkyl carbamates (subject to hydrolysis) is 1. The van der Waals surface area contributed by atoms with Crippen molar-refractivity contribution in [2.75, 3.05) is 31.6 Å². The number of amides is 4. The molecule has 232 valence electrons. The number of rotatable bonds is 4. The predicted molar refractivity (Wildman–Crippen MR) is 166 cm³/mol. The largest absolute Gasteiger partial charge is 0.444 e. The van der Waals surface area contributed by atoms with E-state index in [0.29, 0.717) is 30.5 Å². The molecule has 3 atom stereocenters. The molecule has 2 unspecified atom stereocenters. The number of anilines is 1. The van der Waals surface area contributed by atoms with Crippen molar-refractivity contribution in [2.24, 2.45) is 4.99 Å². The van der Waals surface area contributed by atoms with Crippen molar-refractivity contribution in [1.29, 1.82) is 0 Å². The first-order valence-electron chi connectivity index (χ1n) is 15.3. The number of urea groups is 1. The number of likely N-dealkylation sites (tertiary alicyclic amines) is 1. The summed E-state index contributed by atoms with van der Waals surface area (Å²) in [6.45, 7) is 10.4. The fourth-order valence-corrected chi connectivity index (χ4v) is 6.29. The molecule has 4 aliphatic rings. The number of piperidine rings is 1. The molecule has 44 heavy (non-hydrogen) atoms. The number of nitrogens with zero attached hydrogens (tertiary/aromatic N) is 7. The van der Waals surface area contributed by atoms with Crippen molar-refractivity contribution in [2.45, 2.75) is 89.6 Å². The van der Waals surface area contributed by atoms with E-state index in [9.17, 15) is 14.4 Å². The number of aliphatic imine (C=N–C) groups is 1. The Kier molecular flexibility index (Phi) is 7.38. The molecule has 0 radical (unpaired) electrons. The van der Waals surface area contributed by atoms with Gasteiger partial charge < -0.3 is 19.9 Å². The van der Waals surface area contributed by atoms with Crippen molar-refractivity contribution in [3.8, 4) is 11.8 Å². The van der Waals surface area contributed by atoms with Crippen LogP contribution >= 0.6 is 0 Å². The van der Waals surface area contributed by atoms with E-state index in [0.717, 1.165) is 41.7 Å². The number of ether oxygens (including phenoxy) is 1. The molecule has 12 nitrogen and oxygen atoms in total. The highest BCUT2D eigenvalue weighted by Crippen LogP contribution is 2.43. The van der Waals surface area contributed by atoms with E-state index in [1.165, 1.54) is 4.90 Å². The standard InChI is InChI=1S/C32H40N8O4/c1-7-8-18-39-25-26(41)40(27-34-23-14-10-9-13-22(23)24(35-27)20-15-16-20)30(43)37(6)32(25,5)36-28(39)38-17-11-12-21(19-38)33-29(42)44-31(2,3)4/h9-10,13-14,20-21,25H,11-12,15-19H2,1-6H3,(H,33,42)/t21-,25?,32?/m1/s1. The summed E-state index contributed by atoms with van der Waals surface area (Å²) in [6, 6.07) is 6.17. The highest BCUT2D eigenvalue weighted by Gasteiger charge is 2.61. The number of hydrogen-bond donors (Lipinski definition) is 1. The van der Waals surface area contributed by atoms with Crippen LogP contribution in [0.25, 0.3) is 10.9 Å². The molecular weight excluding hydrogens is 560 g/mol. The molecule has 2 saturated heterocycles. The zero-order chi connectivity index (χ0) is 31.4. The number of fused-ring (bicyclic) bond motifs is 2. The van der Waals surface area contributed by atoms with Crippen LogP contribution in [0.15, 0.2) is 29.3 Å². The third-order valence-electron chi connectivity index (χ3n) is 8.66. The monoisotopic (exact) mass is 600 g/mol. The highest BCUT2D eigenvalue weighted by molar-refractivity contribution is 6.19. The normalized spacial score (nSPS) is 25.5. The molecule has 0 bridgehead atoms. The first kappa shape index (κ1) is 29.7. The maximum atomic E-state index is 14.5. The van der Waals surface area contributed by atoms with E-state index in [1.54, 1.807) is 20.9 Å². The molecule has 2 aromatic rings. The second-order valence-corrected chi connectivity index (χ2v) is 13.1. The molecule has 0 spiro atoms. The summed E-state index contributed by atoms with van der Waals surface area (Å²) in [5, 5.41) is 3.93. The van der Waals surface area contributed by atoms with Crippen LogP contribution < -0.4 is 10.2 Å². The van der Waals surface area contributed by atoms with Crippen LogP contribution in [0.1, 0.15) is 71.9 Å².